The van der Waals surface area contributed by atoms with Gasteiger partial charge in [-0.2, -0.15) is 0 Å². The number of hydrogen-bond acceptors (Lipinski definition) is 3. The monoisotopic (exact) mass is 286 g/mol. The molecular formula is C14H20ClFN2O. The summed E-state index contributed by atoms with van der Waals surface area (Å²) in [6.07, 6.45) is 2.96. The third-order valence-electron chi connectivity index (χ3n) is 3.53. The Hall–Kier alpha value is -0.680. The van der Waals surface area contributed by atoms with E-state index < -0.39 is 5.82 Å². The van der Waals surface area contributed by atoms with Crippen molar-refractivity contribution in [2.24, 2.45) is 11.8 Å². The predicted molar refractivity (Wildman–Crippen MR) is 74.4 cm³/mol. The first-order valence-corrected chi connectivity index (χ1v) is 7.05. The Morgan fingerprint density at radius 2 is 2.26 bits per heavy atom. The van der Waals surface area contributed by atoms with Crippen LogP contribution in [0.4, 0.5) is 4.39 Å². The summed E-state index contributed by atoms with van der Waals surface area (Å²) in [6, 6.07) is 4.80. The molecule has 106 valence electrons. The summed E-state index contributed by atoms with van der Waals surface area (Å²) in [6.45, 7) is 2.62. The molecule has 0 spiro atoms. The second-order valence-corrected chi connectivity index (χ2v) is 5.33. The van der Waals surface area contributed by atoms with Crippen LogP contribution in [0, 0.1) is 11.7 Å². The zero-order valence-corrected chi connectivity index (χ0v) is 11.8. The number of hydrazine groups is 1. The van der Waals surface area contributed by atoms with E-state index in [0.29, 0.717) is 18.9 Å². The lowest BCUT2D eigenvalue weighted by Crippen LogP contribution is -2.47. The van der Waals surface area contributed by atoms with Crippen molar-refractivity contribution in [2.75, 3.05) is 6.61 Å². The average molecular weight is 287 g/mol. The van der Waals surface area contributed by atoms with Crippen molar-refractivity contribution in [1.82, 2.24) is 5.43 Å². The van der Waals surface area contributed by atoms with Crippen LogP contribution in [0.2, 0.25) is 5.02 Å². The van der Waals surface area contributed by atoms with Crippen LogP contribution in [0.3, 0.4) is 0 Å². The highest BCUT2D eigenvalue weighted by atomic mass is 35.5. The van der Waals surface area contributed by atoms with E-state index in [1.807, 2.05) is 13.0 Å². The van der Waals surface area contributed by atoms with Crippen molar-refractivity contribution < 1.29 is 9.13 Å². The van der Waals surface area contributed by atoms with Crippen molar-refractivity contribution in [2.45, 2.75) is 38.3 Å². The lowest BCUT2D eigenvalue weighted by Gasteiger charge is -2.27. The Morgan fingerprint density at radius 3 is 2.84 bits per heavy atom. The second-order valence-electron chi connectivity index (χ2n) is 4.95. The molecule has 3 nitrogen and oxygen atoms in total. The molecule has 5 heteroatoms. The standard InChI is InChI=1S/C14H20ClFN2O/c1-2-19-14(9-6-7-9)12(18-17)8-10-4-3-5-11(16)13(10)15/h3-5,9,12,14,18H,2,6-8,17H2,1H3. The number of rotatable bonds is 7. The summed E-state index contributed by atoms with van der Waals surface area (Å²) < 4.78 is 19.2. The van der Waals surface area contributed by atoms with Gasteiger partial charge < -0.3 is 4.74 Å². The molecular weight excluding hydrogens is 267 g/mol. The molecule has 2 rings (SSSR count). The van der Waals surface area contributed by atoms with Gasteiger partial charge in [0.2, 0.25) is 0 Å². The Balaban J connectivity index is 2.10. The van der Waals surface area contributed by atoms with Crippen LogP contribution in [0.5, 0.6) is 0 Å². The molecule has 19 heavy (non-hydrogen) atoms. The van der Waals surface area contributed by atoms with E-state index in [0.717, 1.165) is 5.56 Å². The fraction of sp³-hybridized carbons (Fsp3) is 0.571. The maximum Gasteiger partial charge on any atom is 0.142 e. The maximum atomic E-state index is 13.4. The van der Waals surface area contributed by atoms with Gasteiger partial charge in [0.15, 0.2) is 0 Å². The molecule has 0 saturated heterocycles. The highest BCUT2D eigenvalue weighted by Crippen LogP contribution is 2.36. The number of nitrogens with one attached hydrogen (secondary N) is 1. The largest absolute Gasteiger partial charge is 0.377 e. The second kappa shape index (κ2) is 6.66. The number of nitrogens with two attached hydrogens (primary N) is 1. The van der Waals surface area contributed by atoms with E-state index in [2.05, 4.69) is 5.43 Å². The van der Waals surface area contributed by atoms with Crippen LogP contribution in [0.25, 0.3) is 0 Å². The third kappa shape index (κ3) is 3.66. The number of halogens is 2. The Morgan fingerprint density at radius 1 is 1.53 bits per heavy atom. The zero-order valence-electron chi connectivity index (χ0n) is 11.0. The summed E-state index contributed by atoms with van der Waals surface area (Å²) in [4.78, 5) is 0. The first-order valence-electron chi connectivity index (χ1n) is 6.68. The van der Waals surface area contributed by atoms with Crippen molar-refractivity contribution in [1.29, 1.82) is 0 Å². The van der Waals surface area contributed by atoms with Crippen molar-refractivity contribution >= 4 is 11.6 Å². The van der Waals surface area contributed by atoms with E-state index in [-0.39, 0.29) is 17.2 Å². The smallest absolute Gasteiger partial charge is 0.142 e. The quantitative estimate of drug-likeness (QED) is 0.598. The molecule has 0 aliphatic heterocycles. The minimum absolute atomic E-state index is 0.0493. The van der Waals surface area contributed by atoms with E-state index in [4.69, 9.17) is 22.2 Å². The van der Waals surface area contributed by atoms with Crippen LogP contribution in [-0.4, -0.2) is 18.8 Å². The molecule has 1 aliphatic rings. The van der Waals surface area contributed by atoms with E-state index >= 15 is 0 Å². The Kier molecular flexibility index (Phi) is 5.16. The molecule has 1 aromatic rings. The van der Waals surface area contributed by atoms with Gasteiger partial charge in [0.1, 0.15) is 5.82 Å². The molecule has 3 N–H and O–H groups in total. The molecule has 0 bridgehead atoms. The highest BCUT2D eigenvalue weighted by molar-refractivity contribution is 6.31. The first-order chi connectivity index (χ1) is 9.17. The maximum absolute atomic E-state index is 13.4. The van der Waals surface area contributed by atoms with Gasteiger partial charge in [0.25, 0.3) is 0 Å². The lowest BCUT2D eigenvalue weighted by atomic mass is 9.98. The van der Waals surface area contributed by atoms with Gasteiger partial charge in [0.05, 0.1) is 17.2 Å². The number of hydrogen-bond donors (Lipinski definition) is 2. The summed E-state index contributed by atoms with van der Waals surface area (Å²) in [5, 5.41) is 0.175. The average Bonchev–Trinajstić information content (AvgIpc) is 3.23. The molecule has 0 radical (unpaired) electrons. The highest BCUT2D eigenvalue weighted by Gasteiger charge is 2.37. The van der Waals surface area contributed by atoms with E-state index in [1.165, 1.54) is 18.9 Å². The lowest BCUT2D eigenvalue weighted by molar-refractivity contribution is 0.0192. The van der Waals surface area contributed by atoms with Gasteiger partial charge in [-0.25, -0.2) is 4.39 Å². The summed E-state index contributed by atoms with van der Waals surface area (Å²) in [5.41, 5.74) is 3.56. The van der Waals surface area contributed by atoms with Crippen LogP contribution in [0.15, 0.2) is 18.2 Å². The minimum atomic E-state index is -0.394. The third-order valence-corrected chi connectivity index (χ3v) is 3.95. The predicted octanol–water partition coefficient (Wildman–Crippen LogP) is 2.67. The molecule has 1 fully saturated rings. The van der Waals surface area contributed by atoms with Gasteiger partial charge in [-0.05, 0) is 43.7 Å². The summed E-state index contributed by atoms with van der Waals surface area (Å²) >= 11 is 5.99. The van der Waals surface area contributed by atoms with Crippen molar-refractivity contribution in [3.8, 4) is 0 Å². The molecule has 0 aromatic heterocycles. The van der Waals surface area contributed by atoms with Gasteiger partial charge >= 0.3 is 0 Å². The summed E-state index contributed by atoms with van der Waals surface area (Å²) in [5.74, 6) is 5.79. The molecule has 2 atom stereocenters. The van der Waals surface area contributed by atoms with Crippen molar-refractivity contribution in [3.63, 3.8) is 0 Å². The normalized spacial score (nSPS) is 18.3. The summed E-state index contributed by atoms with van der Waals surface area (Å²) in [7, 11) is 0. The SMILES string of the molecule is CCOC(C1CC1)C(Cc1cccc(F)c1Cl)NN. The van der Waals surface area contributed by atoms with Gasteiger partial charge in [-0.15, -0.1) is 0 Å². The molecule has 1 aromatic carbocycles. The van der Waals surface area contributed by atoms with E-state index in [1.54, 1.807) is 6.07 Å². The Labute approximate surface area is 118 Å². The molecule has 0 amide bonds. The van der Waals surface area contributed by atoms with Crippen LogP contribution < -0.4 is 11.3 Å². The molecule has 1 saturated carbocycles. The fourth-order valence-electron chi connectivity index (χ4n) is 2.41. The van der Waals surface area contributed by atoms with Gasteiger partial charge in [-0.1, -0.05) is 23.7 Å². The molecule has 0 heterocycles. The van der Waals surface area contributed by atoms with Crippen LogP contribution >= 0.6 is 11.6 Å². The van der Waals surface area contributed by atoms with Gasteiger partial charge in [-0.3, -0.25) is 11.3 Å². The zero-order chi connectivity index (χ0) is 13.8. The van der Waals surface area contributed by atoms with Crippen LogP contribution in [0.1, 0.15) is 25.3 Å². The molecule has 2 unspecified atom stereocenters. The number of ether oxygens (including phenoxy) is 1. The van der Waals surface area contributed by atoms with Crippen molar-refractivity contribution in [3.05, 3.63) is 34.6 Å². The minimum Gasteiger partial charge on any atom is -0.377 e. The topological polar surface area (TPSA) is 47.3 Å². The van der Waals surface area contributed by atoms with Gasteiger partial charge in [0, 0.05) is 6.61 Å². The molecule has 1 aliphatic carbocycles. The fourth-order valence-corrected chi connectivity index (χ4v) is 2.61. The Bertz CT molecular complexity index is 426. The first kappa shape index (κ1) is 14.7. The van der Waals surface area contributed by atoms with E-state index in [9.17, 15) is 4.39 Å². The number of benzene rings is 1. The van der Waals surface area contributed by atoms with Crippen LogP contribution in [-0.2, 0) is 11.2 Å².